The van der Waals surface area contributed by atoms with Gasteiger partial charge in [0.15, 0.2) is 5.65 Å². The van der Waals surface area contributed by atoms with Crippen molar-refractivity contribution in [3.05, 3.63) is 36.4 Å². The van der Waals surface area contributed by atoms with Crippen LogP contribution in [0.4, 0.5) is 14.7 Å². The van der Waals surface area contributed by atoms with Gasteiger partial charge < -0.3 is 14.6 Å². The summed E-state index contributed by atoms with van der Waals surface area (Å²) in [5, 5.41) is 7.35. The van der Waals surface area contributed by atoms with Crippen molar-refractivity contribution >= 4 is 22.6 Å². The van der Waals surface area contributed by atoms with Crippen molar-refractivity contribution in [1.82, 2.24) is 34.0 Å². The fourth-order valence-corrected chi connectivity index (χ4v) is 5.24. The van der Waals surface area contributed by atoms with Crippen LogP contribution in [0.3, 0.4) is 0 Å². The normalized spacial score (nSPS) is 23.1. The van der Waals surface area contributed by atoms with Gasteiger partial charge in [-0.05, 0) is 44.4 Å². The molecule has 3 fully saturated rings. The van der Waals surface area contributed by atoms with E-state index in [-0.39, 0.29) is 18.5 Å². The average molecular weight is 481 g/mol. The van der Waals surface area contributed by atoms with Gasteiger partial charge in [-0.3, -0.25) is 4.90 Å². The number of hydrogen-bond acceptors (Lipinski definition) is 7. The Hall–Kier alpha value is -3.18. The summed E-state index contributed by atoms with van der Waals surface area (Å²) in [7, 11) is 0. The highest BCUT2D eigenvalue weighted by Crippen LogP contribution is 2.38. The number of alkyl halides is 2. The SMILES string of the molecule is Cc1nc2ccc(-c3ccn4nc(N[C@@H]5CCN(C6COC6)CC5(F)F)ncc34)nc2n1C1CC1. The van der Waals surface area contributed by atoms with E-state index in [1.165, 1.54) is 0 Å². The van der Waals surface area contributed by atoms with E-state index >= 15 is 0 Å². The lowest BCUT2D eigenvalue weighted by atomic mass is 9.98. The molecule has 0 spiro atoms. The van der Waals surface area contributed by atoms with Crippen molar-refractivity contribution in [2.75, 3.05) is 31.6 Å². The highest BCUT2D eigenvalue weighted by atomic mass is 19.3. The zero-order valence-corrected chi connectivity index (χ0v) is 19.4. The lowest BCUT2D eigenvalue weighted by Crippen LogP contribution is -2.61. The van der Waals surface area contributed by atoms with Crippen LogP contribution >= 0.6 is 0 Å². The number of aryl methyl sites for hydroxylation is 1. The maximum atomic E-state index is 14.9. The van der Waals surface area contributed by atoms with Crippen LogP contribution in [0.25, 0.3) is 27.9 Å². The van der Waals surface area contributed by atoms with Gasteiger partial charge in [-0.2, -0.15) is 0 Å². The number of halogens is 2. The molecule has 9 nitrogen and oxygen atoms in total. The molecular formula is C24H26F2N8O. The number of nitrogens with one attached hydrogen (secondary N) is 1. The Balaban J connectivity index is 1.15. The van der Waals surface area contributed by atoms with Crippen LogP contribution in [0.15, 0.2) is 30.6 Å². The Morgan fingerprint density at radius 2 is 1.94 bits per heavy atom. The maximum Gasteiger partial charge on any atom is 0.280 e. The van der Waals surface area contributed by atoms with E-state index in [2.05, 4.69) is 25.0 Å². The number of aromatic nitrogens is 6. The van der Waals surface area contributed by atoms with Gasteiger partial charge in [0.25, 0.3) is 5.92 Å². The van der Waals surface area contributed by atoms with Crippen molar-refractivity contribution in [2.24, 2.45) is 0 Å². The van der Waals surface area contributed by atoms with Crippen LogP contribution < -0.4 is 5.32 Å². The van der Waals surface area contributed by atoms with E-state index in [4.69, 9.17) is 9.72 Å². The molecule has 1 aliphatic carbocycles. The molecule has 2 aliphatic heterocycles. The largest absolute Gasteiger partial charge is 0.378 e. The van der Waals surface area contributed by atoms with Crippen LogP contribution in [0.2, 0.25) is 0 Å². The van der Waals surface area contributed by atoms with Gasteiger partial charge in [0.05, 0.1) is 49.2 Å². The molecule has 6 heterocycles. The van der Waals surface area contributed by atoms with Gasteiger partial charge >= 0.3 is 0 Å². The average Bonchev–Trinajstić information content (AvgIpc) is 3.44. The molecule has 1 atom stereocenters. The molecular weight excluding hydrogens is 454 g/mol. The lowest BCUT2D eigenvalue weighted by Gasteiger charge is -2.44. The Morgan fingerprint density at radius 1 is 1.09 bits per heavy atom. The monoisotopic (exact) mass is 480 g/mol. The highest BCUT2D eigenvalue weighted by Gasteiger charge is 2.47. The minimum absolute atomic E-state index is 0.104. The van der Waals surface area contributed by atoms with Gasteiger partial charge in [-0.1, -0.05) is 0 Å². The number of anilines is 1. The summed E-state index contributed by atoms with van der Waals surface area (Å²) in [6.07, 6.45) is 6.11. The number of imidazole rings is 1. The number of rotatable bonds is 5. The summed E-state index contributed by atoms with van der Waals surface area (Å²) in [5.74, 6) is -1.71. The molecule has 182 valence electrons. The number of likely N-dealkylation sites (tertiary alicyclic amines) is 1. The highest BCUT2D eigenvalue weighted by molar-refractivity contribution is 5.82. The summed E-state index contributed by atoms with van der Waals surface area (Å²) in [4.78, 5) is 15.8. The summed E-state index contributed by atoms with van der Waals surface area (Å²) in [6.45, 7) is 3.41. The van der Waals surface area contributed by atoms with Crippen molar-refractivity contribution in [1.29, 1.82) is 0 Å². The summed E-state index contributed by atoms with van der Waals surface area (Å²) in [5.41, 5.74) is 4.25. The number of piperidine rings is 1. The standard InChI is InChI=1S/C24H26F2N8O/c1-14-28-19-5-4-18(29-22(19)34(14)15-2-3-15)17-6-9-33-20(17)10-27-23(31-33)30-21-7-8-32(13-24(21,25)26)16-11-35-12-16/h4-6,9-10,15-16,21H,2-3,7-8,11-13H2,1H3,(H,30,31)/t21-/m1/s1. The number of nitrogens with zero attached hydrogens (tertiary/aromatic N) is 7. The molecule has 4 aromatic heterocycles. The van der Waals surface area contributed by atoms with Crippen LogP contribution in [0.1, 0.15) is 31.1 Å². The third-order valence-electron chi connectivity index (χ3n) is 7.39. The number of hydrogen-bond donors (Lipinski definition) is 1. The first-order valence-electron chi connectivity index (χ1n) is 12.1. The molecule has 1 saturated carbocycles. The van der Waals surface area contributed by atoms with E-state index in [1.807, 2.05) is 36.2 Å². The van der Waals surface area contributed by atoms with E-state index < -0.39 is 12.0 Å². The van der Waals surface area contributed by atoms with Gasteiger partial charge in [0.2, 0.25) is 5.95 Å². The Bertz CT molecular complexity index is 1420. The van der Waals surface area contributed by atoms with Crippen LogP contribution in [-0.2, 0) is 4.74 Å². The molecule has 0 amide bonds. The van der Waals surface area contributed by atoms with Gasteiger partial charge in [0, 0.05) is 24.3 Å². The second kappa shape index (κ2) is 7.66. The van der Waals surface area contributed by atoms with Gasteiger partial charge in [-0.25, -0.2) is 28.2 Å². The number of fused-ring (bicyclic) bond motifs is 2. The first-order valence-corrected chi connectivity index (χ1v) is 12.1. The molecule has 0 bridgehead atoms. The van der Waals surface area contributed by atoms with Gasteiger partial charge in [-0.15, -0.1) is 5.10 Å². The fraction of sp³-hybridized carbons (Fsp3) is 0.500. The molecule has 7 rings (SSSR count). The Kier molecular flexibility index (Phi) is 4.62. The Labute approximate surface area is 200 Å². The predicted octanol–water partition coefficient (Wildman–Crippen LogP) is 3.30. The zero-order valence-electron chi connectivity index (χ0n) is 19.4. The van der Waals surface area contributed by atoms with E-state index in [0.717, 1.165) is 46.6 Å². The quantitative estimate of drug-likeness (QED) is 0.469. The second-order valence-corrected chi connectivity index (χ2v) is 9.85. The van der Waals surface area contributed by atoms with E-state index in [0.29, 0.717) is 32.2 Å². The fourth-order valence-electron chi connectivity index (χ4n) is 5.24. The first kappa shape index (κ1) is 21.1. The van der Waals surface area contributed by atoms with E-state index in [1.54, 1.807) is 10.7 Å². The molecule has 11 heteroatoms. The van der Waals surface area contributed by atoms with Crippen molar-refractivity contribution in [2.45, 2.75) is 50.2 Å². The summed E-state index contributed by atoms with van der Waals surface area (Å²) in [6, 6.07) is 5.45. The molecule has 3 aliphatic rings. The number of ether oxygens (including phenoxy) is 1. The van der Waals surface area contributed by atoms with Crippen LogP contribution in [0.5, 0.6) is 0 Å². The van der Waals surface area contributed by atoms with Gasteiger partial charge in [0.1, 0.15) is 11.3 Å². The summed E-state index contributed by atoms with van der Waals surface area (Å²) < 4.78 is 38.8. The Morgan fingerprint density at radius 3 is 2.69 bits per heavy atom. The maximum absolute atomic E-state index is 14.9. The third kappa shape index (κ3) is 3.56. The van der Waals surface area contributed by atoms with Crippen molar-refractivity contribution in [3.63, 3.8) is 0 Å². The van der Waals surface area contributed by atoms with Crippen LogP contribution in [0, 0.1) is 6.92 Å². The molecule has 4 aromatic rings. The smallest absolute Gasteiger partial charge is 0.280 e. The third-order valence-corrected chi connectivity index (χ3v) is 7.39. The topological polar surface area (TPSA) is 85.4 Å². The van der Waals surface area contributed by atoms with Crippen LogP contribution in [-0.4, -0.2) is 78.3 Å². The van der Waals surface area contributed by atoms with E-state index in [9.17, 15) is 8.78 Å². The minimum Gasteiger partial charge on any atom is -0.378 e. The molecule has 1 N–H and O–H groups in total. The van der Waals surface area contributed by atoms with Crippen molar-refractivity contribution < 1.29 is 13.5 Å². The predicted molar refractivity (Wildman–Crippen MR) is 126 cm³/mol. The summed E-state index contributed by atoms with van der Waals surface area (Å²) >= 11 is 0. The second-order valence-electron chi connectivity index (χ2n) is 9.85. The van der Waals surface area contributed by atoms with Crippen molar-refractivity contribution in [3.8, 4) is 11.3 Å². The molecule has 2 saturated heterocycles. The zero-order chi connectivity index (χ0) is 23.7. The molecule has 0 radical (unpaired) electrons. The molecule has 0 unspecified atom stereocenters. The molecule has 0 aromatic carbocycles. The minimum atomic E-state index is -2.88. The molecule has 35 heavy (non-hydrogen) atoms. The number of pyridine rings is 1. The lowest BCUT2D eigenvalue weighted by molar-refractivity contribution is -0.131. The first-order chi connectivity index (χ1) is 17.0.